The zero-order valence-corrected chi connectivity index (χ0v) is 11.7. The minimum atomic E-state index is -0.181. The molecule has 0 bridgehead atoms. The van der Waals surface area contributed by atoms with Crippen molar-refractivity contribution in [2.45, 2.75) is 13.3 Å². The molecule has 1 aromatic carbocycles. The number of aryl methyl sites for hydroxylation is 1. The molecule has 0 fully saturated rings. The van der Waals surface area contributed by atoms with E-state index in [-0.39, 0.29) is 24.8 Å². The normalized spacial score (nSPS) is 13.6. The maximum absolute atomic E-state index is 12.5. The number of anilines is 2. The van der Waals surface area contributed by atoms with E-state index in [0.29, 0.717) is 5.69 Å². The molecule has 5 nitrogen and oxygen atoms in total. The van der Waals surface area contributed by atoms with Crippen LogP contribution in [-0.4, -0.2) is 23.3 Å². The zero-order chi connectivity index (χ0) is 14.8. The van der Waals surface area contributed by atoms with Crippen molar-refractivity contribution in [3.8, 4) is 0 Å². The van der Waals surface area contributed by atoms with Crippen molar-refractivity contribution in [1.29, 1.82) is 0 Å². The third-order valence-corrected chi connectivity index (χ3v) is 3.51. The van der Waals surface area contributed by atoms with Crippen molar-refractivity contribution in [3.63, 3.8) is 0 Å². The van der Waals surface area contributed by atoms with Crippen molar-refractivity contribution in [1.82, 2.24) is 4.98 Å². The van der Waals surface area contributed by atoms with Gasteiger partial charge >= 0.3 is 0 Å². The number of nitrogens with one attached hydrogen (secondary N) is 1. The first-order valence-corrected chi connectivity index (χ1v) is 6.75. The van der Waals surface area contributed by atoms with Gasteiger partial charge in [0.05, 0.1) is 23.5 Å². The minimum Gasteiger partial charge on any atom is -0.323 e. The molecule has 1 aliphatic heterocycles. The number of pyridine rings is 1. The van der Waals surface area contributed by atoms with E-state index in [1.54, 1.807) is 12.3 Å². The van der Waals surface area contributed by atoms with Crippen LogP contribution in [0.2, 0.25) is 0 Å². The molecular weight excluding hydrogens is 266 g/mol. The number of carbonyl (C=O) groups is 2. The molecule has 3 rings (SSSR count). The molecule has 0 atom stereocenters. The lowest BCUT2D eigenvalue weighted by Gasteiger charge is -2.29. The van der Waals surface area contributed by atoms with E-state index in [1.165, 1.54) is 4.90 Å². The average Bonchev–Trinajstić information content (AvgIpc) is 2.48. The number of amides is 2. The number of aromatic nitrogens is 1. The summed E-state index contributed by atoms with van der Waals surface area (Å²) in [5.41, 5.74) is 3.11. The van der Waals surface area contributed by atoms with E-state index < -0.39 is 0 Å². The van der Waals surface area contributed by atoms with E-state index in [2.05, 4.69) is 10.3 Å². The van der Waals surface area contributed by atoms with Crippen LogP contribution in [0.1, 0.15) is 11.3 Å². The van der Waals surface area contributed by atoms with Gasteiger partial charge in [0.25, 0.3) is 0 Å². The summed E-state index contributed by atoms with van der Waals surface area (Å²) in [7, 11) is 0. The number of para-hydroxylation sites is 2. The molecule has 0 spiro atoms. The first kappa shape index (κ1) is 13.3. The lowest BCUT2D eigenvalue weighted by Crippen LogP contribution is -2.43. The number of hydrogen-bond donors (Lipinski definition) is 1. The summed E-state index contributed by atoms with van der Waals surface area (Å²) in [4.78, 5) is 30.0. The smallest absolute Gasteiger partial charge is 0.244 e. The monoisotopic (exact) mass is 281 g/mol. The highest BCUT2D eigenvalue weighted by Crippen LogP contribution is 2.29. The first-order chi connectivity index (χ1) is 10.1. The van der Waals surface area contributed by atoms with Crippen LogP contribution in [0.5, 0.6) is 0 Å². The lowest BCUT2D eigenvalue weighted by molar-refractivity contribution is -0.121. The van der Waals surface area contributed by atoms with Crippen LogP contribution in [0.15, 0.2) is 42.6 Å². The third-order valence-electron chi connectivity index (χ3n) is 3.51. The van der Waals surface area contributed by atoms with Crippen LogP contribution in [0.3, 0.4) is 0 Å². The largest absolute Gasteiger partial charge is 0.323 e. The Morgan fingerprint density at radius 1 is 1.29 bits per heavy atom. The summed E-state index contributed by atoms with van der Waals surface area (Å²) < 4.78 is 0. The molecule has 2 heterocycles. The van der Waals surface area contributed by atoms with Gasteiger partial charge in [0.2, 0.25) is 11.8 Å². The van der Waals surface area contributed by atoms with E-state index in [0.717, 1.165) is 16.9 Å². The maximum Gasteiger partial charge on any atom is 0.244 e. The Hall–Kier alpha value is -2.69. The number of carbonyl (C=O) groups excluding carboxylic acids is 2. The fourth-order valence-electron chi connectivity index (χ4n) is 2.40. The second kappa shape index (κ2) is 5.36. The minimum absolute atomic E-state index is 0.0434. The van der Waals surface area contributed by atoms with Crippen molar-refractivity contribution in [2.75, 3.05) is 16.8 Å². The number of hydrogen-bond acceptors (Lipinski definition) is 3. The van der Waals surface area contributed by atoms with Gasteiger partial charge in [-0.15, -0.1) is 0 Å². The Morgan fingerprint density at radius 2 is 2.10 bits per heavy atom. The van der Waals surface area contributed by atoms with Gasteiger partial charge in [-0.1, -0.05) is 18.2 Å². The number of nitrogens with zero attached hydrogens (tertiary/aromatic N) is 2. The molecule has 2 amide bonds. The highest BCUT2D eigenvalue weighted by molar-refractivity contribution is 6.10. The quantitative estimate of drug-likeness (QED) is 0.914. The Balaban J connectivity index is 1.88. The summed E-state index contributed by atoms with van der Waals surface area (Å²) >= 11 is 0. The molecule has 5 heteroatoms. The molecule has 1 aromatic heterocycles. The van der Waals surface area contributed by atoms with Crippen LogP contribution < -0.4 is 10.2 Å². The topological polar surface area (TPSA) is 62.3 Å². The third kappa shape index (κ3) is 2.63. The molecule has 2 aromatic rings. The molecule has 1 aliphatic rings. The molecule has 1 N–H and O–H groups in total. The molecule has 106 valence electrons. The Labute approximate surface area is 122 Å². The fraction of sp³-hybridized carbons (Fsp3) is 0.188. The molecule has 0 radical (unpaired) electrons. The van der Waals surface area contributed by atoms with Crippen molar-refractivity contribution in [3.05, 3.63) is 53.9 Å². The summed E-state index contributed by atoms with van der Waals surface area (Å²) in [6.07, 6.45) is 1.86. The van der Waals surface area contributed by atoms with Crippen molar-refractivity contribution in [2.24, 2.45) is 0 Å². The number of rotatable bonds is 2. The lowest BCUT2D eigenvalue weighted by atomic mass is 10.1. The summed E-state index contributed by atoms with van der Waals surface area (Å²) in [6.45, 7) is 1.97. The summed E-state index contributed by atoms with van der Waals surface area (Å²) in [6, 6.07) is 11.1. The highest BCUT2D eigenvalue weighted by Gasteiger charge is 2.26. The Bertz CT molecular complexity index is 712. The fourth-order valence-corrected chi connectivity index (χ4v) is 2.40. The van der Waals surface area contributed by atoms with Crippen LogP contribution in [-0.2, 0) is 16.0 Å². The number of fused-ring (bicyclic) bond motifs is 1. The Kier molecular flexibility index (Phi) is 3.39. The van der Waals surface area contributed by atoms with Gasteiger partial charge in [-0.2, -0.15) is 0 Å². The van der Waals surface area contributed by atoms with Gasteiger partial charge in [-0.05, 0) is 30.7 Å². The van der Waals surface area contributed by atoms with E-state index >= 15 is 0 Å². The molecular formula is C16H15N3O2. The zero-order valence-electron chi connectivity index (χ0n) is 11.7. The van der Waals surface area contributed by atoms with Gasteiger partial charge < -0.3 is 10.2 Å². The standard InChI is InChI=1S/C16H15N3O2/c1-11-5-4-8-17-13(11)9-16(21)19-10-15(20)18-12-6-2-3-7-14(12)19/h2-8H,9-10H2,1H3,(H,18,20). The van der Waals surface area contributed by atoms with E-state index in [4.69, 9.17) is 0 Å². The van der Waals surface area contributed by atoms with Gasteiger partial charge in [0.1, 0.15) is 6.54 Å². The molecule has 0 saturated heterocycles. The van der Waals surface area contributed by atoms with Gasteiger partial charge in [-0.25, -0.2) is 0 Å². The average molecular weight is 281 g/mol. The first-order valence-electron chi connectivity index (χ1n) is 6.75. The van der Waals surface area contributed by atoms with Crippen molar-refractivity contribution < 1.29 is 9.59 Å². The van der Waals surface area contributed by atoms with Crippen molar-refractivity contribution >= 4 is 23.2 Å². The van der Waals surface area contributed by atoms with Gasteiger partial charge in [-0.3, -0.25) is 14.6 Å². The van der Waals surface area contributed by atoms with Crippen LogP contribution in [0, 0.1) is 6.92 Å². The molecule has 0 saturated carbocycles. The van der Waals surface area contributed by atoms with E-state index in [1.807, 2.05) is 37.3 Å². The van der Waals surface area contributed by atoms with Gasteiger partial charge in [0.15, 0.2) is 0 Å². The van der Waals surface area contributed by atoms with E-state index in [9.17, 15) is 9.59 Å². The molecule has 0 unspecified atom stereocenters. The predicted octanol–water partition coefficient (Wildman–Crippen LogP) is 1.92. The van der Waals surface area contributed by atoms with Crippen LogP contribution in [0.4, 0.5) is 11.4 Å². The Morgan fingerprint density at radius 3 is 2.90 bits per heavy atom. The molecule has 0 aliphatic carbocycles. The summed E-state index contributed by atoms with van der Waals surface area (Å²) in [5, 5.41) is 2.77. The number of benzene rings is 1. The SMILES string of the molecule is Cc1cccnc1CC(=O)N1CC(=O)Nc2ccccc21. The second-order valence-electron chi connectivity index (χ2n) is 4.99. The highest BCUT2D eigenvalue weighted by atomic mass is 16.2. The maximum atomic E-state index is 12.5. The molecule has 21 heavy (non-hydrogen) atoms. The van der Waals surface area contributed by atoms with Gasteiger partial charge in [0, 0.05) is 6.20 Å². The van der Waals surface area contributed by atoms with Crippen LogP contribution in [0.25, 0.3) is 0 Å². The summed E-state index contributed by atoms with van der Waals surface area (Å²) in [5.74, 6) is -0.307. The second-order valence-corrected chi connectivity index (χ2v) is 4.99. The van der Waals surface area contributed by atoms with Crippen LogP contribution >= 0.6 is 0 Å². The predicted molar refractivity (Wildman–Crippen MR) is 80.1 cm³/mol.